The molecule has 0 radical (unpaired) electrons. The van der Waals surface area contributed by atoms with Crippen molar-refractivity contribution in [3.05, 3.63) is 42.0 Å². The molecule has 0 saturated heterocycles. The minimum atomic E-state index is 0.516. The summed E-state index contributed by atoms with van der Waals surface area (Å²) in [6.07, 6.45) is 7.69. The number of nitrogens with zero attached hydrogens (tertiary/aromatic N) is 4. The first kappa shape index (κ1) is 19.2. The Bertz CT molecular complexity index is 736. The Morgan fingerprint density at radius 3 is 2.96 bits per heavy atom. The predicted molar refractivity (Wildman–Crippen MR) is 107 cm³/mol. The first-order chi connectivity index (χ1) is 13.3. The molecule has 0 amide bonds. The summed E-state index contributed by atoms with van der Waals surface area (Å²) in [6, 6.07) is 8.57. The first-order valence-electron chi connectivity index (χ1n) is 9.83. The molecule has 0 atom stereocenters. The summed E-state index contributed by atoms with van der Waals surface area (Å²) >= 11 is 0. The molecule has 146 valence electrons. The van der Waals surface area contributed by atoms with Gasteiger partial charge in [-0.15, -0.1) is 10.2 Å². The summed E-state index contributed by atoms with van der Waals surface area (Å²) in [5.74, 6) is 2.74. The molecule has 1 aliphatic rings. The molecule has 0 aliphatic heterocycles. The van der Waals surface area contributed by atoms with Gasteiger partial charge in [-0.3, -0.25) is 0 Å². The number of nitrogens with one attached hydrogen (secondary N) is 2. The van der Waals surface area contributed by atoms with Crippen LogP contribution in [-0.4, -0.2) is 40.4 Å². The van der Waals surface area contributed by atoms with Gasteiger partial charge in [0.25, 0.3) is 0 Å². The number of guanidine groups is 1. The fourth-order valence-corrected chi connectivity index (χ4v) is 3.39. The average Bonchev–Trinajstić information content (AvgIpc) is 3.37. The van der Waals surface area contributed by atoms with Gasteiger partial charge in [0.05, 0.1) is 13.7 Å². The van der Waals surface area contributed by atoms with Gasteiger partial charge >= 0.3 is 0 Å². The maximum Gasteiger partial charge on any atom is 0.191 e. The Morgan fingerprint density at radius 1 is 1.33 bits per heavy atom. The number of hydrogen-bond donors (Lipinski definition) is 2. The number of hydrogen-bond acceptors (Lipinski definition) is 4. The summed E-state index contributed by atoms with van der Waals surface area (Å²) < 4.78 is 7.39. The number of benzene rings is 1. The van der Waals surface area contributed by atoms with E-state index in [0.29, 0.717) is 12.6 Å². The highest BCUT2D eigenvalue weighted by molar-refractivity contribution is 5.80. The van der Waals surface area contributed by atoms with Gasteiger partial charge in [-0.25, -0.2) is 4.99 Å². The molecule has 7 heteroatoms. The van der Waals surface area contributed by atoms with Crippen molar-refractivity contribution in [1.82, 2.24) is 25.4 Å². The summed E-state index contributed by atoms with van der Waals surface area (Å²) in [5.41, 5.74) is 1.13. The van der Waals surface area contributed by atoms with Crippen molar-refractivity contribution in [2.45, 2.75) is 58.2 Å². The van der Waals surface area contributed by atoms with Gasteiger partial charge in [0, 0.05) is 25.6 Å². The van der Waals surface area contributed by atoms with E-state index in [9.17, 15) is 0 Å². The molecule has 27 heavy (non-hydrogen) atoms. The second-order valence-electron chi connectivity index (χ2n) is 6.86. The molecule has 1 aromatic carbocycles. The van der Waals surface area contributed by atoms with Crippen LogP contribution in [0.5, 0.6) is 5.75 Å². The van der Waals surface area contributed by atoms with E-state index in [1.165, 1.54) is 25.7 Å². The second kappa shape index (κ2) is 9.94. The lowest BCUT2D eigenvalue weighted by Gasteiger charge is -2.18. The predicted octanol–water partition coefficient (Wildman–Crippen LogP) is 2.53. The topological polar surface area (TPSA) is 76.4 Å². The van der Waals surface area contributed by atoms with E-state index in [4.69, 9.17) is 9.73 Å². The molecule has 1 aliphatic carbocycles. The van der Waals surface area contributed by atoms with E-state index < -0.39 is 0 Å². The first-order valence-corrected chi connectivity index (χ1v) is 9.83. The third-order valence-electron chi connectivity index (χ3n) is 4.91. The molecule has 1 saturated carbocycles. The number of ether oxygens (including phenoxy) is 1. The second-order valence-corrected chi connectivity index (χ2v) is 6.86. The van der Waals surface area contributed by atoms with Gasteiger partial charge in [0.2, 0.25) is 0 Å². The molecular weight excluding hydrogens is 340 g/mol. The van der Waals surface area contributed by atoms with Gasteiger partial charge in [0.1, 0.15) is 17.9 Å². The van der Waals surface area contributed by atoms with Crippen molar-refractivity contribution in [3.8, 4) is 5.75 Å². The van der Waals surface area contributed by atoms with Crippen LogP contribution >= 0.6 is 0 Å². The van der Waals surface area contributed by atoms with Crippen LogP contribution < -0.4 is 15.4 Å². The molecule has 0 bridgehead atoms. The smallest absolute Gasteiger partial charge is 0.191 e. The highest BCUT2D eigenvalue weighted by Gasteiger charge is 2.16. The Balaban J connectivity index is 1.60. The molecule has 3 rings (SSSR count). The van der Waals surface area contributed by atoms with Crippen LogP contribution in [0, 0.1) is 0 Å². The van der Waals surface area contributed by atoms with E-state index in [2.05, 4.69) is 38.4 Å². The van der Waals surface area contributed by atoms with Crippen LogP contribution in [0.4, 0.5) is 0 Å². The monoisotopic (exact) mass is 370 g/mol. The Kier molecular flexibility index (Phi) is 7.07. The molecule has 1 aromatic heterocycles. The van der Waals surface area contributed by atoms with Gasteiger partial charge < -0.3 is 19.9 Å². The van der Waals surface area contributed by atoms with E-state index in [1.54, 1.807) is 13.4 Å². The minimum Gasteiger partial charge on any atom is -0.497 e. The Morgan fingerprint density at radius 2 is 2.19 bits per heavy atom. The fourth-order valence-electron chi connectivity index (χ4n) is 3.39. The summed E-state index contributed by atoms with van der Waals surface area (Å²) in [4.78, 5) is 4.79. The maximum atomic E-state index is 5.30. The molecule has 2 N–H and O–H groups in total. The fraction of sp³-hybridized carbons (Fsp3) is 0.550. The zero-order chi connectivity index (χ0) is 18.9. The number of aryl methyl sites for hydroxylation is 1. The lowest BCUT2D eigenvalue weighted by molar-refractivity contribution is 0.414. The molecule has 0 spiro atoms. The van der Waals surface area contributed by atoms with Gasteiger partial charge in [0.15, 0.2) is 5.96 Å². The molecular formula is C20H30N6O. The normalized spacial score (nSPS) is 15.1. The van der Waals surface area contributed by atoms with E-state index in [0.717, 1.165) is 42.6 Å². The largest absolute Gasteiger partial charge is 0.497 e. The molecule has 7 nitrogen and oxygen atoms in total. The van der Waals surface area contributed by atoms with Crippen LogP contribution in [0.3, 0.4) is 0 Å². The lowest BCUT2D eigenvalue weighted by Crippen LogP contribution is -2.43. The van der Waals surface area contributed by atoms with E-state index in [1.807, 2.05) is 18.2 Å². The van der Waals surface area contributed by atoms with Gasteiger partial charge in [-0.2, -0.15) is 0 Å². The van der Waals surface area contributed by atoms with Crippen LogP contribution in [-0.2, 0) is 19.5 Å². The van der Waals surface area contributed by atoms with Crippen molar-refractivity contribution in [1.29, 1.82) is 0 Å². The number of methoxy groups -OCH3 is 1. The van der Waals surface area contributed by atoms with Crippen molar-refractivity contribution < 1.29 is 4.74 Å². The number of rotatable bonds is 8. The highest BCUT2D eigenvalue weighted by atomic mass is 16.5. The molecule has 1 heterocycles. The maximum absolute atomic E-state index is 5.30. The van der Waals surface area contributed by atoms with Crippen molar-refractivity contribution >= 4 is 5.96 Å². The van der Waals surface area contributed by atoms with E-state index >= 15 is 0 Å². The molecule has 1 fully saturated rings. The highest BCUT2D eigenvalue weighted by Crippen LogP contribution is 2.17. The van der Waals surface area contributed by atoms with Crippen molar-refractivity contribution in [2.75, 3.05) is 13.7 Å². The average molecular weight is 371 g/mol. The van der Waals surface area contributed by atoms with Crippen LogP contribution in [0.15, 0.2) is 35.6 Å². The van der Waals surface area contributed by atoms with E-state index in [-0.39, 0.29) is 0 Å². The minimum absolute atomic E-state index is 0.516. The molecule has 0 unspecified atom stereocenters. The SMILES string of the molecule is CCc1nncn1CCNC(=NCc1cccc(OC)c1)NC1CCCC1. The van der Waals surface area contributed by atoms with Gasteiger partial charge in [-0.1, -0.05) is 31.9 Å². The standard InChI is InChI=1S/C20H30N6O/c1-3-19-25-23-15-26(19)12-11-21-20(24-17-8-4-5-9-17)22-14-16-7-6-10-18(13-16)27-2/h6-7,10,13,15,17H,3-5,8-9,11-12,14H2,1-2H3,(H2,21,22,24). The van der Waals surface area contributed by atoms with Crippen LogP contribution in [0.25, 0.3) is 0 Å². The third-order valence-corrected chi connectivity index (χ3v) is 4.91. The quantitative estimate of drug-likeness (QED) is 0.552. The third kappa shape index (κ3) is 5.70. The van der Waals surface area contributed by atoms with Crippen LogP contribution in [0.2, 0.25) is 0 Å². The zero-order valence-electron chi connectivity index (χ0n) is 16.3. The number of aromatic nitrogens is 3. The van der Waals surface area contributed by atoms with Gasteiger partial charge in [-0.05, 0) is 30.5 Å². The van der Waals surface area contributed by atoms with Crippen molar-refractivity contribution in [3.63, 3.8) is 0 Å². The lowest BCUT2D eigenvalue weighted by atomic mass is 10.2. The zero-order valence-corrected chi connectivity index (χ0v) is 16.3. The number of aliphatic imine (C=N–C) groups is 1. The Hall–Kier alpha value is -2.57. The summed E-state index contributed by atoms with van der Waals surface area (Å²) in [7, 11) is 1.69. The summed E-state index contributed by atoms with van der Waals surface area (Å²) in [6.45, 7) is 4.31. The summed E-state index contributed by atoms with van der Waals surface area (Å²) in [5, 5.41) is 15.2. The Labute approximate surface area is 161 Å². The molecule has 2 aromatic rings. The van der Waals surface area contributed by atoms with Crippen LogP contribution in [0.1, 0.15) is 44.0 Å². The van der Waals surface area contributed by atoms with Crippen molar-refractivity contribution in [2.24, 2.45) is 4.99 Å².